The Morgan fingerprint density at radius 3 is 2.32 bits per heavy atom. The molecule has 1 aromatic rings. The van der Waals surface area contributed by atoms with Crippen molar-refractivity contribution in [2.75, 3.05) is 14.2 Å². The molecular formula is C17H24O5. The summed E-state index contributed by atoms with van der Waals surface area (Å²) in [5, 5.41) is 10.3. The smallest absolute Gasteiger partial charge is 0.338 e. The number of hydrogen-bond donors (Lipinski definition) is 1. The van der Waals surface area contributed by atoms with E-state index in [0.29, 0.717) is 6.42 Å². The molecule has 1 atom stereocenters. The molecule has 0 saturated carbocycles. The highest BCUT2D eigenvalue weighted by atomic mass is 16.5. The van der Waals surface area contributed by atoms with Crippen molar-refractivity contribution in [2.24, 2.45) is 0 Å². The maximum atomic E-state index is 11.7. The molecule has 1 rings (SSSR count). The molecule has 0 aliphatic rings. The maximum absolute atomic E-state index is 11.7. The van der Waals surface area contributed by atoms with E-state index >= 15 is 0 Å². The lowest BCUT2D eigenvalue weighted by atomic mass is 9.92. The first-order valence-corrected chi connectivity index (χ1v) is 7.43. The second-order valence-electron chi connectivity index (χ2n) is 5.32. The number of carbonyl (C=O) groups excluding carboxylic acids is 2. The van der Waals surface area contributed by atoms with Gasteiger partial charge in [-0.2, -0.15) is 0 Å². The highest BCUT2D eigenvalue weighted by Crippen LogP contribution is 2.22. The summed E-state index contributed by atoms with van der Waals surface area (Å²) < 4.78 is 9.11. The van der Waals surface area contributed by atoms with Crippen LogP contribution in [-0.2, 0) is 25.5 Å². The van der Waals surface area contributed by atoms with Gasteiger partial charge in [-0.1, -0.05) is 36.8 Å². The molecule has 0 spiro atoms. The van der Waals surface area contributed by atoms with Gasteiger partial charge >= 0.3 is 11.9 Å². The number of rotatable bonds is 9. The van der Waals surface area contributed by atoms with Crippen molar-refractivity contribution in [1.82, 2.24) is 0 Å². The monoisotopic (exact) mass is 308 g/mol. The largest absolute Gasteiger partial charge is 0.469 e. The van der Waals surface area contributed by atoms with Gasteiger partial charge in [0.1, 0.15) is 0 Å². The van der Waals surface area contributed by atoms with E-state index in [1.807, 2.05) is 18.2 Å². The number of aryl methyl sites for hydroxylation is 1. The summed E-state index contributed by atoms with van der Waals surface area (Å²) in [6, 6.07) is 10.1. The van der Waals surface area contributed by atoms with Gasteiger partial charge in [0, 0.05) is 0 Å². The third kappa shape index (κ3) is 5.85. The van der Waals surface area contributed by atoms with Gasteiger partial charge in [-0.05, 0) is 31.2 Å². The zero-order chi connectivity index (χ0) is 16.4. The van der Waals surface area contributed by atoms with Gasteiger partial charge in [-0.3, -0.25) is 4.79 Å². The first kappa shape index (κ1) is 18.2. The number of carbonyl (C=O) groups is 2. The van der Waals surface area contributed by atoms with Gasteiger partial charge in [0.15, 0.2) is 5.60 Å². The fourth-order valence-electron chi connectivity index (χ4n) is 2.33. The van der Waals surface area contributed by atoms with Gasteiger partial charge in [0.2, 0.25) is 0 Å². The third-order valence-electron chi connectivity index (χ3n) is 3.63. The molecule has 0 aliphatic carbocycles. The van der Waals surface area contributed by atoms with Gasteiger partial charge in [-0.25, -0.2) is 4.79 Å². The molecule has 5 heteroatoms. The number of unbranched alkanes of at least 4 members (excludes halogenated alkanes) is 2. The van der Waals surface area contributed by atoms with Gasteiger partial charge in [0.05, 0.1) is 20.6 Å². The molecule has 0 amide bonds. The summed E-state index contributed by atoms with van der Waals surface area (Å²) in [5.74, 6) is -1.42. The van der Waals surface area contributed by atoms with Crippen LogP contribution in [0.15, 0.2) is 30.3 Å². The van der Waals surface area contributed by atoms with Crippen LogP contribution in [0.1, 0.15) is 37.7 Å². The molecule has 0 fully saturated rings. The van der Waals surface area contributed by atoms with Crippen LogP contribution in [-0.4, -0.2) is 36.9 Å². The lowest BCUT2D eigenvalue weighted by Gasteiger charge is -2.23. The second-order valence-corrected chi connectivity index (χ2v) is 5.32. The molecule has 122 valence electrons. The van der Waals surface area contributed by atoms with Crippen LogP contribution >= 0.6 is 0 Å². The molecule has 0 aromatic heterocycles. The lowest BCUT2D eigenvalue weighted by molar-refractivity contribution is -0.170. The van der Waals surface area contributed by atoms with E-state index in [1.165, 1.54) is 19.8 Å². The Morgan fingerprint density at radius 2 is 1.73 bits per heavy atom. The Hall–Kier alpha value is -1.88. The SMILES string of the molecule is COC(=O)CC(O)(CCCCCc1ccccc1)C(=O)OC. The lowest BCUT2D eigenvalue weighted by Crippen LogP contribution is -2.42. The first-order chi connectivity index (χ1) is 10.5. The quantitative estimate of drug-likeness (QED) is 0.559. The zero-order valence-corrected chi connectivity index (χ0v) is 13.2. The first-order valence-electron chi connectivity index (χ1n) is 7.43. The minimum Gasteiger partial charge on any atom is -0.469 e. The normalized spacial score (nSPS) is 13.2. The average molecular weight is 308 g/mol. The minimum atomic E-state index is -1.80. The van der Waals surface area contributed by atoms with E-state index in [1.54, 1.807) is 0 Å². The van der Waals surface area contributed by atoms with E-state index in [-0.39, 0.29) is 12.8 Å². The summed E-state index contributed by atoms with van der Waals surface area (Å²) in [6.45, 7) is 0. The number of aliphatic hydroxyl groups is 1. The summed E-state index contributed by atoms with van der Waals surface area (Å²) in [6.07, 6.45) is 3.21. The van der Waals surface area contributed by atoms with E-state index in [0.717, 1.165) is 19.3 Å². The standard InChI is InChI=1S/C17H24O5/c1-21-15(18)13-17(20,16(19)22-2)12-8-4-7-11-14-9-5-3-6-10-14/h3,5-6,9-10,20H,4,7-8,11-13H2,1-2H3. The van der Waals surface area contributed by atoms with Gasteiger partial charge in [-0.15, -0.1) is 0 Å². The topological polar surface area (TPSA) is 72.8 Å². The van der Waals surface area contributed by atoms with Crippen LogP contribution in [0, 0.1) is 0 Å². The fraction of sp³-hybridized carbons (Fsp3) is 0.529. The maximum Gasteiger partial charge on any atom is 0.338 e. The Labute approximate surface area is 131 Å². The van der Waals surface area contributed by atoms with E-state index in [9.17, 15) is 14.7 Å². The van der Waals surface area contributed by atoms with Crippen molar-refractivity contribution in [3.8, 4) is 0 Å². The van der Waals surface area contributed by atoms with Crippen LogP contribution < -0.4 is 0 Å². The molecule has 1 unspecified atom stereocenters. The van der Waals surface area contributed by atoms with Crippen molar-refractivity contribution in [3.63, 3.8) is 0 Å². The predicted molar refractivity (Wildman–Crippen MR) is 82.2 cm³/mol. The van der Waals surface area contributed by atoms with Gasteiger partial charge < -0.3 is 14.6 Å². The molecule has 0 radical (unpaired) electrons. The third-order valence-corrected chi connectivity index (χ3v) is 3.63. The molecule has 0 saturated heterocycles. The Morgan fingerprint density at radius 1 is 1.05 bits per heavy atom. The van der Waals surface area contributed by atoms with Crippen LogP contribution in [0.4, 0.5) is 0 Å². The number of benzene rings is 1. The molecule has 0 heterocycles. The summed E-state index contributed by atoms with van der Waals surface area (Å²) in [4.78, 5) is 23.0. The van der Waals surface area contributed by atoms with Crippen LogP contribution in [0.3, 0.4) is 0 Å². The molecule has 1 N–H and O–H groups in total. The number of esters is 2. The second kappa shape index (κ2) is 9.20. The van der Waals surface area contributed by atoms with Gasteiger partial charge in [0.25, 0.3) is 0 Å². The van der Waals surface area contributed by atoms with E-state index < -0.39 is 17.5 Å². The number of ether oxygens (including phenoxy) is 2. The highest BCUT2D eigenvalue weighted by Gasteiger charge is 2.39. The molecule has 1 aromatic carbocycles. The van der Waals surface area contributed by atoms with Crippen molar-refractivity contribution in [2.45, 2.75) is 44.1 Å². The molecule has 22 heavy (non-hydrogen) atoms. The average Bonchev–Trinajstić information content (AvgIpc) is 2.54. The summed E-state index contributed by atoms with van der Waals surface area (Å²) in [5.41, 5.74) is -0.533. The molecule has 0 bridgehead atoms. The number of methoxy groups -OCH3 is 2. The Balaban J connectivity index is 2.40. The van der Waals surface area contributed by atoms with Crippen LogP contribution in [0.2, 0.25) is 0 Å². The predicted octanol–water partition coefficient (Wildman–Crippen LogP) is 2.26. The molecule has 5 nitrogen and oxygen atoms in total. The van der Waals surface area contributed by atoms with E-state index in [2.05, 4.69) is 21.6 Å². The fourth-order valence-corrected chi connectivity index (χ4v) is 2.33. The summed E-state index contributed by atoms with van der Waals surface area (Å²) >= 11 is 0. The zero-order valence-electron chi connectivity index (χ0n) is 13.2. The van der Waals surface area contributed by atoms with Crippen molar-refractivity contribution in [1.29, 1.82) is 0 Å². The highest BCUT2D eigenvalue weighted by molar-refractivity contribution is 5.85. The number of hydrogen-bond acceptors (Lipinski definition) is 5. The van der Waals surface area contributed by atoms with Crippen LogP contribution in [0.5, 0.6) is 0 Å². The van der Waals surface area contributed by atoms with Crippen molar-refractivity contribution >= 4 is 11.9 Å². The van der Waals surface area contributed by atoms with Crippen molar-refractivity contribution in [3.05, 3.63) is 35.9 Å². The summed E-state index contributed by atoms with van der Waals surface area (Å²) in [7, 11) is 2.42. The Bertz CT molecular complexity index is 471. The molecule has 0 aliphatic heterocycles. The van der Waals surface area contributed by atoms with Crippen molar-refractivity contribution < 1.29 is 24.2 Å². The van der Waals surface area contributed by atoms with E-state index in [4.69, 9.17) is 0 Å². The van der Waals surface area contributed by atoms with Crippen LogP contribution in [0.25, 0.3) is 0 Å². The molecular weight excluding hydrogens is 284 g/mol. The minimum absolute atomic E-state index is 0.184. The Kier molecular flexibility index (Phi) is 7.60.